The molecular formula is C24H34F2Hf. The number of hydrogen-bond donors (Lipinski definition) is 0. The molecule has 2 fully saturated rings. The Morgan fingerprint density at radius 3 is 1.44 bits per heavy atom. The van der Waals surface area contributed by atoms with Gasteiger partial charge in [0, 0.05) is 0 Å². The van der Waals surface area contributed by atoms with Crippen molar-refractivity contribution in [3.63, 3.8) is 0 Å². The minimum absolute atomic E-state index is 0. The molecule has 0 aliphatic heterocycles. The van der Waals surface area contributed by atoms with Gasteiger partial charge in [0.15, 0.2) is 0 Å². The van der Waals surface area contributed by atoms with Crippen LogP contribution in [0.3, 0.4) is 0 Å². The van der Waals surface area contributed by atoms with Gasteiger partial charge < -0.3 is 9.41 Å². The summed E-state index contributed by atoms with van der Waals surface area (Å²) < 4.78 is 3.90. The average Bonchev–Trinajstić information content (AvgIpc) is 3.27. The van der Waals surface area contributed by atoms with E-state index < -0.39 is 22.9 Å². The molecule has 3 heteroatoms. The fourth-order valence-corrected chi connectivity index (χ4v) is 10.7. The third kappa shape index (κ3) is 6.34. The zero-order valence-corrected chi connectivity index (χ0v) is 20.2. The van der Waals surface area contributed by atoms with Gasteiger partial charge in [0.2, 0.25) is 0 Å². The molecule has 0 aromatic carbocycles. The van der Waals surface area contributed by atoms with E-state index in [1.807, 2.05) is 6.66 Å². The molecule has 4 aliphatic rings. The molecule has 0 bridgehead atoms. The zero-order valence-electron chi connectivity index (χ0n) is 16.6. The van der Waals surface area contributed by atoms with Crippen LogP contribution >= 0.6 is 0 Å². The number of hydrogen-bond acceptors (Lipinski definition) is 0. The summed E-state index contributed by atoms with van der Waals surface area (Å²) in [6.45, 7) is 0. The maximum atomic E-state index is 2.51. The van der Waals surface area contributed by atoms with Crippen LogP contribution in [-0.2, 0) is 22.9 Å². The third-order valence-electron chi connectivity index (χ3n) is 6.83. The maximum absolute atomic E-state index is 2.51. The minimum Gasteiger partial charge on any atom is -1.00 e. The quantitative estimate of drug-likeness (QED) is 0.449. The van der Waals surface area contributed by atoms with Crippen LogP contribution in [0, 0.1) is 11.8 Å². The second kappa shape index (κ2) is 11.6. The molecule has 4 aliphatic carbocycles. The van der Waals surface area contributed by atoms with E-state index in [0.717, 1.165) is 11.8 Å². The van der Waals surface area contributed by atoms with Gasteiger partial charge in [-0.15, -0.1) is 0 Å². The van der Waals surface area contributed by atoms with Gasteiger partial charge in [-0.05, 0) is 0 Å². The summed E-state index contributed by atoms with van der Waals surface area (Å²) >= 11 is -0.772. The molecular weight excluding hydrogens is 505 g/mol. The van der Waals surface area contributed by atoms with E-state index in [-0.39, 0.29) is 9.41 Å². The van der Waals surface area contributed by atoms with E-state index in [9.17, 15) is 0 Å². The summed E-state index contributed by atoms with van der Waals surface area (Å²) in [6.07, 6.45) is 30.3. The van der Waals surface area contributed by atoms with Crippen LogP contribution in [0.15, 0.2) is 42.1 Å². The fourth-order valence-electron chi connectivity index (χ4n) is 5.33. The van der Waals surface area contributed by atoms with Gasteiger partial charge in [-0.2, -0.15) is 0 Å². The molecule has 0 nitrogen and oxygen atoms in total. The van der Waals surface area contributed by atoms with Crippen LogP contribution in [0.25, 0.3) is 0 Å². The van der Waals surface area contributed by atoms with Crippen molar-refractivity contribution in [1.82, 2.24) is 0 Å². The standard InChI is InChI=1S/2C12H17.2FH.Hf/c2*1-2-6-11(7-3-1)10-12-8-4-5-9-12;;;/h2*4,8,11H,1-3,5-7,10H2;2*1H;/q;;;;+2/p-2. The second-order valence-electron chi connectivity index (χ2n) is 8.76. The smallest absolute Gasteiger partial charge is 1.00 e. The number of halogens is 2. The third-order valence-corrected chi connectivity index (χ3v) is 12.8. The molecule has 0 N–H and O–H groups in total. The predicted octanol–water partition coefficient (Wildman–Crippen LogP) is 1.45. The Morgan fingerprint density at radius 1 is 0.630 bits per heavy atom. The van der Waals surface area contributed by atoms with Gasteiger partial charge in [-0.1, -0.05) is 0 Å². The molecule has 0 atom stereocenters. The Hall–Kier alpha value is -0.310. The minimum atomic E-state index is -0.772. The first kappa shape index (κ1) is 23.0. The largest absolute Gasteiger partial charge is 1.00 e. The molecule has 0 unspecified atom stereocenters. The first-order valence-corrected chi connectivity index (χ1v) is 14.5. The summed E-state index contributed by atoms with van der Waals surface area (Å²) in [5.41, 5.74) is 3.60. The van der Waals surface area contributed by atoms with Crippen molar-refractivity contribution in [1.29, 1.82) is 0 Å². The first-order valence-electron chi connectivity index (χ1n) is 10.9. The summed E-state index contributed by atoms with van der Waals surface area (Å²) in [5.74, 6) is 2.00. The Balaban J connectivity index is 0.00000131. The van der Waals surface area contributed by atoms with Gasteiger partial charge in [-0.25, -0.2) is 0 Å². The van der Waals surface area contributed by atoms with E-state index in [1.54, 1.807) is 11.1 Å². The normalized spacial score (nSPS) is 23.4. The van der Waals surface area contributed by atoms with E-state index in [2.05, 4.69) is 24.3 Å². The van der Waals surface area contributed by atoms with Gasteiger partial charge in [0.25, 0.3) is 0 Å². The van der Waals surface area contributed by atoms with Crippen LogP contribution in [0.1, 0.15) is 89.9 Å². The van der Waals surface area contributed by atoms with Crippen molar-refractivity contribution in [2.24, 2.45) is 11.8 Å². The molecule has 27 heavy (non-hydrogen) atoms. The average molecular weight is 539 g/mol. The molecule has 2 saturated carbocycles. The van der Waals surface area contributed by atoms with Crippen molar-refractivity contribution < 1.29 is 32.3 Å². The molecule has 148 valence electrons. The Morgan fingerprint density at radius 2 is 1.04 bits per heavy atom. The molecule has 0 radical (unpaired) electrons. The number of rotatable bonds is 6. The van der Waals surface area contributed by atoms with Crippen LogP contribution < -0.4 is 9.41 Å². The number of allylic oxidation sites excluding steroid dienone is 8. The summed E-state index contributed by atoms with van der Waals surface area (Å²) in [7, 11) is 0. The molecule has 0 heterocycles. The summed E-state index contributed by atoms with van der Waals surface area (Å²) in [5, 5.41) is 0. The fraction of sp³-hybridized carbons (Fsp3) is 0.667. The van der Waals surface area contributed by atoms with Gasteiger partial charge in [0.05, 0.1) is 0 Å². The Bertz CT molecular complexity index is 536. The van der Waals surface area contributed by atoms with Crippen LogP contribution in [0.2, 0.25) is 0 Å². The monoisotopic (exact) mass is 540 g/mol. The van der Waals surface area contributed by atoms with Gasteiger partial charge >= 0.3 is 167 Å². The summed E-state index contributed by atoms with van der Waals surface area (Å²) in [4.78, 5) is 0. The maximum Gasteiger partial charge on any atom is -1.00 e. The van der Waals surface area contributed by atoms with E-state index >= 15 is 0 Å². The zero-order chi connectivity index (χ0) is 16.9. The Kier molecular flexibility index (Phi) is 9.90. The molecule has 0 aromatic rings. The first-order chi connectivity index (χ1) is 12.4. The van der Waals surface area contributed by atoms with Crippen LogP contribution in [0.4, 0.5) is 0 Å². The van der Waals surface area contributed by atoms with Gasteiger partial charge in [0.1, 0.15) is 0 Å². The topological polar surface area (TPSA) is 0 Å². The molecule has 0 spiro atoms. The second-order valence-corrected chi connectivity index (χ2v) is 14.0. The van der Waals surface area contributed by atoms with Gasteiger partial charge in [-0.3, -0.25) is 0 Å². The van der Waals surface area contributed by atoms with Crippen LogP contribution in [-0.4, -0.2) is 0 Å². The predicted molar refractivity (Wildman–Crippen MR) is 104 cm³/mol. The Labute approximate surface area is 175 Å². The molecule has 4 rings (SSSR count). The van der Waals surface area contributed by atoms with Crippen LogP contribution in [0.5, 0.6) is 0 Å². The SMILES string of the molecule is C1=CC(CC2CCCCC2)=[C]([Hf+2][C]2=C(CC3CCCCC3)C=CC2)C1.[F-].[F-]. The molecule has 0 saturated heterocycles. The van der Waals surface area contributed by atoms with E-state index in [0.29, 0.717) is 0 Å². The summed E-state index contributed by atoms with van der Waals surface area (Å²) in [6, 6.07) is 0. The van der Waals surface area contributed by atoms with E-state index in [1.165, 1.54) is 89.9 Å². The van der Waals surface area contributed by atoms with Crippen molar-refractivity contribution in [3.05, 3.63) is 42.1 Å². The van der Waals surface area contributed by atoms with E-state index in [4.69, 9.17) is 0 Å². The molecule has 0 amide bonds. The van der Waals surface area contributed by atoms with Crippen molar-refractivity contribution >= 4 is 0 Å². The molecule has 0 aromatic heterocycles. The van der Waals surface area contributed by atoms with Crippen molar-refractivity contribution in [3.8, 4) is 0 Å². The van der Waals surface area contributed by atoms with Crippen molar-refractivity contribution in [2.45, 2.75) is 89.9 Å². The van der Waals surface area contributed by atoms with Crippen molar-refractivity contribution in [2.75, 3.05) is 0 Å².